The third-order valence-electron chi connectivity index (χ3n) is 3.90. The molecule has 0 aliphatic heterocycles. The highest BCUT2D eigenvalue weighted by Gasteiger charge is 2.19. The van der Waals surface area contributed by atoms with E-state index in [9.17, 15) is 14.9 Å². The lowest BCUT2D eigenvalue weighted by atomic mass is 10.1. The molecule has 2 aromatic carbocycles. The Kier molecular flexibility index (Phi) is 5.66. The molecule has 8 nitrogen and oxygen atoms in total. The lowest BCUT2D eigenvalue weighted by molar-refractivity contribution is -0.384. The SMILES string of the molecule is COc1cc(C)c(NC(=O)c2cc([N+](=O)[O-])ccc2N(C)C)cc1OC. The number of nitrogens with zero attached hydrogens (tertiary/aromatic N) is 2. The van der Waals surface area contributed by atoms with Gasteiger partial charge >= 0.3 is 0 Å². The highest BCUT2D eigenvalue weighted by molar-refractivity contribution is 6.09. The molecular formula is C18H21N3O5. The summed E-state index contributed by atoms with van der Waals surface area (Å²) in [4.78, 5) is 25.0. The van der Waals surface area contributed by atoms with E-state index in [-0.39, 0.29) is 11.3 Å². The van der Waals surface area contributed by atoms with Crippen molar-refractivity contribution >= 4 is 23.0 Å². The van der Waals surface area contributed by atoms with E-state index in [1.807, 2.05) is 6.92 Å². The maximum atomic E-state index is 12.8. The molecule has 26 heavy (non-hydrogen) atoms. The summed E-state index contributed by atoms with van der Waals surface area (Å²) in [7, 11) is 6.56. The number of nitro groups is 1. The van der Waals surface area contributed by atoms with Crippen LogP contribution in [0.3, 0.4) is 0 Å². The second-order valence-electron chi connectivity index (χ2n) is 5.83. The molecule has 2 rings (SSSR count). The van der Waals surface area contributed by atoms with Gasteiger partial charge < -0.3 is 19.7 Å². The summed E-state index contributed by atoms with van der Waals surface area (Å²) in [5, 5.41) is 13.8. The fraction of sp³-hybridized carbons (Fsp3) is 0.278. The van der Waals surface area contributed by atoms with Crippen molar-refractivity contribution in [1.29, 1.82) is 0 Å². The summed E-state index contributed by atoms with van der Waals surface area (Å²) in [5.74, 6) is 0.570. The van der Waals surface area contributed by atoms with E-state index in [1.165, 1.54) is 26.4 Å². The summed E-state index contributed by atoms with van der Waals surface area (Å²) < 4.78 is 10.5. The first-order valence-electron chi connectivity index (χ1n) is 7.78. The Morgan fingerprint density at radius 2 is 1.73 bits per heavy atom. The number of carbonyl (C=O) groups is 1. The van der Waals surface area contributed by atoms with Gasteiger partial charge in [0.05, 0.1) is 24.7 Å². The average molecular weight is 359 g/mol. The number of hydrogen-bond acceptors (Lipinski definition) is 6. The zero-order chi connectivity index (χ0) is 19.4. The second kappa shape index (κ2) is 7.73. The van der Waals surface area contributed by atoms with Gasteiger partial charge in [0, 0.05) is 43.7 Å². The Bertz CT molecular complexity index is 849. The standard InChI is InChI=1S/C18H21N3O5/c1-11-8-16(25-4)17(26-5)10-14(11)19-18(22)13-9-12(21(23)24)6-7-15(13)20(2)3/h6-10H,1-5H3,(H,19,22). The van der Waals surface area contributed by atoms with Crippen LogP contribution in [0.2, 0.25) is 0 Å². The Labute approximate surface area is 151 Å². The number of rotatable bonds is 6. The lowest BCUT2D eigenvalue weighted by Gasteiger charge is -2.18. The Morgan fingerprint density at radius 3 is 2.27 bits per heavy atom. The minimum atomic E-state index is -0.530. The van der Waals surface area contributed by atoms with Gasteiger partial charge in [0.15, 0.2) is 11.5 Å². The zero-order valence-corrected chi connectivity index (χ0v) is 15.3. The molecule has 0 aromatic heterocycles. The molecule has 0 heterocycles. The van der Waals surface area contributed by atoms with E-state index in [1.54, 1.807) is 37.2 Å². The van der Waals surface area contributed by atoms with E-state index in [4.69, 9.17) is 9.47 Å². The van der Waals surface area contributed by atoms with E-state index in [0.717, 1.165) is 5.56 Å². The van der Waals surface area contributed by atoms with Crippen molar-refractivity contribution in [1.82, 2.24) is 0 Å². The van der Waals surface area contributed by atoms with Crippen molar-refractivity contribution in [3.63, 3.8) is 0 Å². The van der Waals surface area contributed by atoms with Crippen LogP contribution in [-0.2, 0) is 0 Å². The van der Waals surface area contributed by atoms with Gasteiger partial charge in [0.2, 0.25) is 0 Å². The van der Waals surface area contributed by atoms with Gasteiger partial charge in [-0.05, 0) is 24.6 Å². The van der Waals surface area contributed by atoms with Crippen LogP contribution in [0.25, 0.3) is 0 Å². The summed E-state index contributed by atoms with van der Waals surface area (Å²) in [6.45, 7) is 1.82. The van der Waals surface area contributed by atoms with Crippen molar-refractivity contribution in [3.8, 4) is 11.5 Å². The number of nitrogens with one attached hydrogen (secondary N) is 1. The summed E-state index contributed by atoms with van der Waals surface area (Å²) >= 11 is 0. The predicted octanol–water partition coefficient (Wildman–Crippen LogP) is 3.24. The molecule has 138 valence electrons. The Balaban J connectivity index is 2.44. The molecule has 0 saturated heterocycles. The molecule has 0 atom stereocenters. The van der Waals surface area contributed by atoms with E-state index in [0.29, 0.717) is 22.9 Å². The van der Waals surface area contributed by atoms with Crippen molar-refractivity contribution in [2.45, 2.75) is 6.92 Å². The molecule has 0 bridgehead atoms. The van der Waals surface area contributed by atoms with Crippen molar-refractivity contribution in [2.75, 3.05) is 38.5 Å². The number of hydrogen-bond donors (Lipinski definition) is 1. The number of carbonyl (C=O) groups excluding carboxylic acids is 1. The Hall–Kier alpha value is -3.29. The minimum absolute atomic E-state index is 0.148. The molecule has 0 aliphatic rings. The summed E-state index contributed by atoms with van der Waals surface area (Å²) in [6.07, 6.45) is 0. The summed E-state index contributed by atoms with van der Waals surface area (Å²) in [6, 6.07) is 7.58. The van der Waals surface area contributed by atoms with Gasteiger partial charge in [-0.1, -0.05) is 0 Å². The molecule has 0 fully saturated rings. The van der Waals surface area contributed by atoms with Crippen LogP contribution in [0.1, 0.15) is 15.9 Å². The average Bonchev–Trinajstić information content (AvgIpc) is 2.62. The van der Waals surface area contributed by atoms with Gasteiger partial charge in [-0.2, -0.15) is 0 Å². The number of ether oxygens (including phenoxy) is 2. The molecule has 0 aliphatic carbocycles. The number of nitro benzene ring substituents is 1. The van der Waals surface area contributed by atoms with E-state index < -0.39 is 10.8 Å². The molecule has 2 aromatic rings. The predicted molar refractivity (Wildman–Crippen MR) is 99.7 cm³/mol. The van der Waals surface area contributed by atoms with Crippen LogP contribution in [-0.4, -0.2) is 39.1 Å². The molecule has 0 unspecified atom stereocenters. The third-order valence-corrected chi connectivity index (χ3v) is 3.90. The number of amides is 1. The second-order valence-corrected chi connectivity index (χ2v) is 5.83. The normalized spacial score (nSPS) is 10.2. The van der Waals surface area contributed by atoms with Crippen LogP contribution in [0.5, 0.6) is 11.5 Å². The van der Waals surface area contributed by atoms with Crippen molar-refractivity contribution in [3.05, 3.63) is 51.6 Å². The molecular weight excluding hydrogens is 338 g/mol. The smallest absolute Gasteiger partial charge is 0.270 e. The molecule has 1 N–H and O–H groups in total. The first-order chi connectivity index (χ1) is 12.3. The number of non-ortho nitro benzene ring substituents is 1. The fourth-order valence-corrected chi connectivity index (χ4v) is 2.51. The van der Waals surface area contributed by atoms with Crippen LogP contribution >= 0.6 is 0 Å². The van der Waals surface area contributed by atoms with Gasteiger partial charge in [0.1, 0.15) is 0 Å². The van der Waals surface area contributed by atoms with Crippen LogP contribution < -0.4 is 19.7 Å². The Morgan fingerprint density at radius 1 is 1.12 bits per heavy atom. The van der Waals surface area contributed by atoms with Crippen molar-refractivity contribution < 1.29 is 19.2 Å². The maximum absolute atomic E-state index is 12.8. The van der Waals surface area contributed by atoms with Crippen LogP contribution in [0.15, 0.2) is 30.3 Å². The number of benzene rings is 2. The molecule has 8 heteroatoms. The maximum Gasteiger partial charge on any atom is 0.270 e. The zero-order valence-electron chi connectivity index (χ0n) is 15.3. The monoisotopic (exact) mass is 359 g/mol. The third kappa shape index (κ3) is 3.85. The minimum Gasteiger partial charge on any atom is -0.493 e. The van der Waals surface area contributed by atoms with Crippen LogP contribution in [0.4, 0.5) is 17.1 Å². The molecule has 0 radical (unpaired) electrons. The van der Waals surface area contributed by atoms with Gasteiger partial charge in [-0.15, -0.1) is 0 Å². The quantitative estimate of drug-likeness (QED) is 0.628. The molecule has 1 amide bonds. The first-order valence-corrected chi connectivity index (χ1v) is 7.78. The lowest BCUT2D eigenvalue weighted by Crippen LogP contribution is -2.19. The topological polar surface area (TPSA) is 93.9 Å². The highest BCUT2D eigenvalue weighted by Crippen LogP contribution is 2.33. The fourth-order valence-electron chi connectivity index (χ4n) is 2.51. The number of methoxy groups -OCH3 is 2. The van der Waals surface area contributed by atoms with Crippen LogP contribution in [0, 0.1) is 17.0 Å². The first kappa shape index (κ1) is 19.0. The van der Waals surface area contributed by atoms with E-state index in [2.05, 4.69) is 5.32 Å². The summed E-state index contributed by atoms with van der Waals surface area (Å²) in [5.41, 5.74) is 1.94. The van der Waals surface area contributed by atoms with Crippen molar-refractivity contribution in [2.24, 2.45) is 0 Å². The van der Waals surface area contributed by atoms with Gasteiger partial charge in [0.25, 0.3) is 11.6 Å². The van der Waals surface area contributed by atoms with Gasteiger partial charge in [-0.3, -0.25) is 14.9 Å². The molecule has 0 saturated carbocycles. The molecule has 0 spiro atoms. The highest BCUT2D eigenvalue weighted by atomic mass is 16.6. The van der Waals surface area contributed by atoms with Gasteiger partial charge in [-0.25, -0.2) is 0 Å². The van der Waals surface area contributed by atoms with E-state index >= 15 is 0 Å². The number of anilines is 2. The number of aryl methyl sites for hydroxylation is 1. The largest absolute Gasteiger partial charge is 0.493 e.